The van der Waals surface area contributed by atoms with Crippen LogP contribution in [0.3, 0.4) is 0 Å². The fourth-order valence-electron chi connectivity index (χ4n) is 1.65. The van der Waals surface area contributed by atoms with Gasteiger partial charge in [0.25, 0.3) is 5.91 Å². The standard InChI is InChI=1S/C9H18N2O2S/c1-7-5-4-6-10-8(7)9(12)11-14(2,3)13/h7-8,10H,4-6H2,1-3H3. The van der Waals surface area contributed by atoms with Crippen molar-refractivity contribution in [2.24, 2.45) is 10.3 Å². The second-order valence-electron chi connectivity index (χ2n) is 4.16. The Morgan fingerprint density at radius 1 is 1.50 bits per heavy atom. The minimum Gasteiger partial charge on any atom is -0.306 e. The van der Waals surface area contributed by atoms with Crippen LogP contribution in [0.1, 0.15) is 19.8 Å². The molecule has 1 aliphatic rings. The van der Waals surface area contributed by atoms with Gasteiger partial charge in [0.05, 0.1) is 6.04 Å². The number of nitrogens with zero attached hydrogens (tertiary/aromatic N) is 1. The van der Waals surface area contributed by atoms with Crippen molar-refractivity contribution in [3.8, 4) is 0 Å². The summed E-state index contributed by atoms with van der Waals surface area (Å²) in [7, 11) is -2.31. The number of nitrogens with one attached hydrogen (secondary N) is 1. The van der Waals surface area contributed by atoms with Gasteiger partial charge in [-0.3, -0.25) is 4.79 Å². The highest BCUT2D eigenvalue weighted by molar-refractivity contribution is 7.92. The molecule has 2 atom stereocenters. The van der Waals surface area contributed by atoms with E-state index in [0.717, 1.165) is 19.4 Å². The predicted octanol–water partition coefficient (Wildman–Crippen LogP) is 0.629. The predicted molar refractivity (Wildman–Crippen MR) is 57.6 cm³/mol. The Bertz CT molecular complexity index is 324. The van der Waals surface area contributed by atoms with Gasteiger partial charge in [0.15, 0.2) is 0 Å². The molecular formula is C9H18N2O2S. The molecule has 5 heteroatoms. The number of amides is 1. The molecule has 4 nitrogen and oxygen atoms in total. The summed E-state index contributed by atoms with van der Waals surface area (Å²) in [5.74, 6) is 0.0361. The zero-order valence-electron chi connectivity index (χ0n) is 8.95. The lowest BCUT2D eigenvalue weighted by Crippen LogP contribution is -2.45. The molecule has 14 heavy (non-hydrogen) atoms. The van der Waals surface area contributed by atoms with Gasteiger partial charge in [0.2, 0.25) is 0 Å². The number of piperidine rings is 1. The molecule has 0 aliphatic carbocycles. The summed E-state index contributed by atoms with van der Waals surface area (Å²) in [6.45, 7) is 2.88. The second kappa shape index (κ2) is 4.40. The number of carbonyl (C=O) groups is 1. The van der Waals surface area contributed by atoms with E-state index >= 15 is 0 Å². The van der Waals surface area contributed by atoms with Crippen molar-refractivity contribution >= 4 is 15.6 Å². The third-order valence-corrected chi connectivity index (χ3v) is 2.97. The first-order valence-corrected chi connectivity index (χ1v) is 7.17. The van der Waals surface area contributed by atoms with Gasteiger partial charge >= 0.3 is 0 Å². The third-order valence-electron chi connectivity index (χ3n) is 2.35. The molecule has 0 radical (unpaired) electrons. The maximum Gasteiger partial charge on any atom is 0.271 e. The van der Waals surface area contributed by atoms with E-state index in [1.54, 1.807) is 0 Å². The molecule has 0 saturated carbocycles. The van der Waals surface area contributed by atoms with Gasteiger partial charge in [-0.25, -0.2) is 4.21 Å². The average Bonchev–Trinajstić information content (AvgIpc) is 2.01. The number of rotatable bonds is 1. The Hall–Kier alpha value is -0.420. The minimum absolute atomic E-state index is 0.232. The zero-order chi connectivity index (χ0) is 10.8. The Kier molecular flexibility index (Phi) is 3.66. The molecule has 1 saturated heterocycles. The largest absolute Gasteiger partial charge is 0.306 e. The minimum atomic E-state index is -2.31. The summed E-state index contributed by atoms with van der Waals surface area (Å²) >= 11 is 0. The fourth-order valence-corrected chi connectivity index (χ4v) is 2.20. The van der Waals surface area contributed by atoms with Gasteiger partial charge < -0.3 is 5.32 Å². The van der Waals surface area contributed by atoms with Crippen LogP contribution in [0.5, 0.6) is 0 Å². The molecule has 1 fully saturated rings. The molecule has 0 bridgehead atoms. The summed E-state index contributed by atoms with van der Waals surface area (Å²) in [4.78, 5) is 11.6. The highest BCUT2D eigenvalue weighted by Gasteiger charge is 2.27. The normalized spacial score (nSPS) is 28.5. The van der Waals surface area contributed by atoms with Crippen molar-refractivity contribution in [2.75, 3.05) is 19.1 Å². The molecule has 0 spiro atoms. The smallest absolute Gasteiger partial charge is 0.271 e. The lowest BCUT2D eigenvalue weighted by molar-refractivity contribution is -0.121. The van der Waals surface area contributed by atoms with Gasteiger partial charge in [-0.15, -0.1) is 0 Å². The van der Waals surface area contributed by atoms with Crippen molar-refractivity contribution in [2.45, 2.75) is 25.8 Å². The van der Waals surface area contributed by atoms with Gasteiger partial charge in [-0.05, 0) is 25.3 Å². The Morgan fingerprint density at radius 2 is 2.14 bits per heavy atom. The third kappa shape index (κ3) is 3.38. The number of hydrogen-bond donors (Lipinski definition) is 1. The van der Waals surface area contributed by atoms with Crippen molar-refractivity contribution < 1.29 is 9.00 Å². The molecule has 82 valence electrons. The van der Waals surface area contributed by atoms with E-state index in [4.69, 9.17) is 0 Å². The molecule has 1 N–H and O–H groups in total. The highest BCUT2D eigenvalue weighted by Crippen LogP contribution is 2.16. The Morgan fingerprint density at radius 3 is 2.64 bits per heavy atom. The fraction of sp³-hybridized carbons (Fsp3) is 0.889. The zero-order valence-corrected chi connectivity index (χ0v) is 9.76. The van der Waals surface area contributed by atoms with Gasteiger partial charge in [0.1, 0.15) is 0 Å². The topological polar surface area (TPSA) is 58.5 Å². The van der Waals surface area contributed by atoms with Crippen LogP contribution < -0.4 is 5.32 Å². The van der Waals surface area contributed by atoms with Crippen LogP contribution in [0.2, 0.25) is 0 Å². The summed E-state index contributed by atoms with van der Waals surface area (Å²) in [5.41, 5.74) is 0. The van der Waals surface area contributed by atoms with Crippen LogP contribution in [0.25, 0.3) is 0 Å². The lowest BCUT2D eigenvalue weighted by Gasteiger charge is -2.27. The van der Waals surface area contributed by atoms with Crippen LogP contribution in [-0.4, -0.2) is 35.2 Å². The summed E-state index contributed by atoms with van der Waals surface area (Å²) in [5, 5.41) is 3.12. The Balaban J connectivity index is 2.74. The Labute approximate surface area is 85.6 Å². The van der Waals surface area contributed by atoms with Crippen molar-refractivity contribution in [3.63, 3.8) is 0 Å². The second-order valence-corrected chi connectivity index (χ2v) is 6.71. The van der Waals surface area contributed by atoms with Gasteiger partial charge in [0, 0.05) is 22.2 Å². The molecule has 0 aromatic heterocycles. The molecule has 0 aromatic carbocycles. The van der Waals surface area contributed by atoms with Crippen LogP contribution in [0.15, 0.2) is 4.36 Å². The lowest BCUT2D eigenvalue weighted by atomic mass is 9.92. The van der Waals surface area contributed by atoms with E-state index in [-0.39, 0.29) is 11.9 Å². The van der Waals surface area contributed by atoms with E-state index in [9.17, 15) is 9.00 Å². The quantitative estimate of drug-likeness (QED) is 0.702. The van der Waals surface area contributed by atoms with Crippen molar-refractivity contribution in [1.82, 2.24) is 5.32 Å². The first-order valence-electron chi connectivity index (χ1n) is 4.84. The molecule has 1 aliphatic heterocycles. The van der Waals surface area contributed by atoms with Crippen molar-refractivity contribution in [3.05, 3.63) is 0 Å². The van der Waals surface area contributed by atoms with Crippen LogP contribution in [-0.2, 0) is 14.5 Å². The van der Waals surface area contributed by atoms with E-state index in [0.29, 0.717) is 5.92 Å². The molecular weight excluding hydrogens is 200 g/mol. The molecule has 0 aromatic rings. The summed E-state index contributed by atoms with van der Waals surface area (Å²) < 4.78 is 15.0. The van der Waals surface area contributed by atoms with E-state index in [2.05, 4.69) is 9.68 Å². The van der Waals surface area contributed by atoms with Crippen LogP contribution >= 0.6 is 0 Å². The van der Waals surface area contributed by atoms with E-state index in [1.165, 1.54) is 12.5 Å². The molecule has 2 unspecified atom stereocenters. The van der Waals surface area contributed by atoms with E-state index < -0.39 is 9.73 Å². The van der Waals surface area contributed by atoms with E-state index in [1.807, 2.05) is 6.92 Å². The monoisotopic (exact) mass is 218 g/mol. The molecule has 1 heterocycles. The van der Waals surface area contributed by atoms with Crippen LogP contribution in [0, 0.1) is 5.92 Å². The maximum absolute atomic E-state index is 11.6. The molecule has 1 rings (SSSR count). The van der Waals surface area contributed by atoms with Crippen molar-refractivity contribution in [1.29, 1.82) is 0 Å². The average molecular weight is 218 g/mol. The highest BCUT2D eigenvalue weighted by atomic mass is 32.2. The summed E-state index contributed by atoms with van der Waals surface area (Å²) in [6, 6.07) is -0.232. The van der Waals surface area contributed by atoms with Gasteiger partial charge in [-0.1, -0.05) is 6.92 Å². The maximum atomic E-state index is 11.6. The SMILES string of the molecule is CC1CCCNC1C(=O)N=S(C)(C)=O. The number of carbonyl (C=O) groups excluding carboxylic acids is 1. The first kappa shape index (κ1) is 11.7. The molecule has 1 amide bonds. The summed E-state index contributed by atoms with van der Waals surface area (Å²) in [6.07, 6.45) is 5.10. The van der Waals surface area contributed by atoms with Gasteiger partial charge in [-0.2, -0.15) is 4.36 Å². The first-order chi connectivity index (χ1) is 6.40. The van der Waals surface area contributed by atoms with Crippen LogP contribution in [0.4, 0.5) is 0 Å². The number of hydrogen-bond acceptors (Lipinski definition) is 3.